The van der Waals surface area contributed by atoms with Gasteiger partial charge >= 0.3 is 17.9 Å². The number of ether oxygens (including phenoxy) is 3. The fourth-order valence-corrected chi connectivity index (χ4v) is 6.47. The van der Waals surface area contributed by atoms with E-state index >= 15 is 0 Å². The summed E-state index contributed by atoms with van der Waals surface area (Å²) in [6.45, 7) is 6.37. The molecule has 0 N–H and O–H groups in total. The van der Waals surface area contributed by atoms with Crippen molar-refractivity contribution in [3.63, 3.8) is 0 Å². The van der Waals surface area contributed by atoms with Crippen LogP contribution in [0.4, 0.5) is 0 Å². The van der Waals surface area contributed by atoms with E-state index in [4.69, 9.17) is 14.2 Å². The average Bonchev–Trinajstić information content (AvgIpc) is 3.28. The van der Waals surface area contributed by atoms with Crippen LogP contribution >= 0.6 is 0 Å². The van der Waals surface area contributed by atoms with Gasteiger partial charge in [-0.05, 0) is 96.3 Å². The zero-order chi connectivity index (χ0) is 45.8. The standard InChI is InChI=1S/C57H92O6/c1-4-7-10-13-16-19-22-24-26-27-28-29-31-33-36-39-42-45-48-51-57(60)63-54(52-61-55(58)49-46-43-40-37-34-21-18-15-12-9-6-3)53-62-56(59)50-47-44-41-38-35-32-30-25-23-20-17-14-11-8-5-2/h8,11,16-17,19-20,24-26,28-30,33,35-36,38,42,45,54H,4-7,9-10,12-15,18,21-23,27,31-32,34,37,39-41,43-44,46-53H2,1-3H3/b11-8-,19-16-,20-17-,26-24-,29-28-,30-25-,36-33-,38-35-,45-42-/t54-/m0/s1. The fourth-order valence-electron chi connectivity index (χ4n) is 6.47. The lowest BCUT2D eigenvalue weighted by Gasteiger charge is -2.18. The van der Waals surface area contributed by atoms with E-state index in [1.54, 1.807) is 0 Å². The summed E-state index contributed by atoms with van der Waals surface area (Å²) in [6, 6.07) is 0. The maximum absolute atomic E-state index is 12.8. The molecule has 0 bridgehead atoms. The van der Waals surface area contributed by atoms with Crippen molar-refractivity contribution in [2.24, 2.45) is 0 Å². The summed E-state index contributed by atoms with van der Waals surface area (Å²) in [4.78, 5) is 37.9. The first-order valence-electron chi connectivity index (χ1n) is 25.4. The van der Waals surface area contributed by atoms with Gasteiger partial charge < -0.3 is 14.2 Å². The predicted molar refractivity (Wildman–Crippen MR) is 270 cm³/mol. The summed E-state index contributed by atoms with van der Waals surface area (Å²) in [7, 11) is 0. The number of esters is 3. The van der Waals surface area contributed by atoms with Crippen LogP contribution in [0.5, 0.6) is 0 Å². The Labute approximate surface area is 387 Å². The number of carbonyl (C=O) groups is 3. The molecule has 0 fully saturated rings. The third-order valence-electron chi connectivity index (χ3n) is 10.3. The third kappa shape index (κ3) is 49.0. The first-order valence-corrected chi connectivity index (χ1v) is 25.4. The number of hydrogen-bond acceptors (Lipinski definition) is 6. The van der Waals surface area contributed by atoms with Crippen LogP contribution in [0, 0.1) is 0 Å². The molecule has 0 spiro atoms. The number of unbranched alkanes of at least 4 members (excludes halogenated alkanes) is 15. The Bertz CT molecular complexity index is 1330. The number of hydrogen-bond donors (Lipinski definition) is 0. The summed E-state index contributed by atoms with van der Waals surface area (Å²) in [5.41, 5.74) is 0. The Morgan fingerprint density at radius 1 is 0.333 bits per heavy atom. The second kappa shape index (κ2) is 50.7. The Hall–Kier alpha value is -3.93. The maximum atomic E-state index is 12.8. The van der Waals surface area contributed by atoms with Gasteiger partial charge in [-0.1, -0.05) is 207 Å². The van der Waals surface area contributed by atoms with Gasteiger partial charge in [0, 0.05) is 19.3 Å². The minimum atomic E-state index is -0.834. The van der Waals surface area contributed by atoms with Gasteiger partial charge in [0.1, 0.15) is 13.2 Å². The predicted octanol–water partition coefficient (Wildman–Crippen LogP) is 16.8. The van der Waals surface area contributed by atoms with E-state index in [0.717, 1.165) is 83.5 Å². The van der Waals surface area contributed by atoms with Crippen molar-refractivity contribution < 1.29 is 28.6 Å². The summed E-state index contributed by atoms with van der Waals surface area (Å²) < 4.78 is 16.7. The lowest BCUT2D eigenvalue weighted by molar-refractivity contribution is -0.166. The lowest BCUT2D eigenvalue weighted by Crippen LogP contribution is -2.30. The molecule has 0 aliphatic carbocycles. The van der Waals surface area contributed by atoms with Crippen LogP contribution in [0.15, 0.2) is 109 Å². The molecule has 0 aliphatic rings. The number of carbonyl (C=O) groups excluding carboxylic acids is 3. The largest absolute Gasteiger partial charge is 0.462 e. The number of allylic oxidation sites excluding steroid dienone is 18. The molecule has 0 amide bonds. The van der Waals surface area contributed by atoms with Crippen molar-refractivity contribution in [3.8, 4) is 0 Å². The molecule has 1 atom stereocenters. The van der Waals surface area contributed by atoms with Crippen LogP contribution in [0.2, 0.25) is 0 Å². The Morgan fingerprint density at radius 3 is 1.06 bits per heavy atom. The molecule has 0 saturated carbocycles. The molecule has 0 saturated heterocycles. The molecule has 356 valence electrons. The highest BCUT2D eigenvalue weighted by Crippen LogP contribution is 2.13. The quantitative estimate of drug-likeness (QED) is 0.0263. The van der Waals surface area contributed by atoms with E-state index in [2.05, 4.69) is 118 Å². The first-order chi connectivity index (χ1) is 31.0. The summed E-state index contributed by atoms with van der Waals surface area (Å²) in [6.07, 6.45) is 68.0. The zero-order valence-corrected chi connectivity index (χ0v) is 40.5. The zero-order valence-electron chi connectivity index (χ0n) is 40.5. The monoisotopic (exact) mass is 873 g/mol. The van der Waals surface area contributed by atoms with Crippen molar-refractivity contribution in [2.75, 3.05) is 13.2 Å². The first kappa shape index (κ1) is 59.1. The highest BCUT2D eigenvalue weighted by molar-refractivity contribution is 5.71. The van der Waals surface area contributed by atoms with Crippen molar-refractivity contribution in [1.82, 2.24) is 0 Å². The SMILES string of the molecule is CC/C=C\C/C=C\C/C=C\C/C=C\CCCCC(=O)OC[C@H](COC(=O)CCCCCCCCCCCCC)OC(=O)CC/C=C\C/C=C\C/C=C\C/C=C\C/C=C\CCCCC. The van der Waals surface area contributed by atoms with E-state index in [-0.39, 0.29) is 38.0 Å². The van der Waals surface area contributed by atoms with Gasteiger partial charge in [0.05, 0.1) is 0 Å². The van der Waals surface area contributed by atoms with Crippen molar-refractivity contribution >= 4 is 17.9 Å². The second-order valence-electron chi connectivity index (χ2n) is 16.3. The molecule has 0 aliphatic heterocycles. The Morgan fingerprint density at radius 2 is 0.651 bits per heavy atom. The Kier molecular flexibility index (Phi) is 47.5. The van der Waals surface area contributed by atoms with E-state index in [1.165, 1.54) is 77.0 Å². The van der Waals surface area contributed by atoms with Crippen molar-refractivity contribution in [1.29, 1.82) is 0 Å². The minimum absolute atomic E-state index is 0.121. The molecule has 63 heavy (non-hydrogen) atoms. The van der Waals surface area contributed by atoms with Gasteiger partial charge in [-0.3, -0.25) is 14.4 Å². The molecule has 0 rings (SSSR count). The van der Waals surface area contributed by atoms with Gasteiger partial charge in [-0.25, -0.2) is 0 Å². The van der Waals surface area contributed by atoms with E-state index in [1.807, 2.05) is 12.2 Å². The van der Waals surface area contributed by atoms with Crippen LogP contribution in [-0.2, 0) is 28.6 Å². The molecule has 0 unspecified atom stereocenters. The minimum Gasteiger partial charge on any atom is -0.462 e. The van der Waals surface area contributed by atoms with Crippen molar-refractivity contribution in [3.05, 3.63) is 109 Å². The molecule has 0 radical (unpaired) electrons. The normalized spacial score (nSPS) is 13.0. The lowest BCUT2D eigenvalue weighted by atomic mass is 10.1. The topological polar surface area (TPSA) is 78.9 Å². The van der Waals surface area contributed by atoms with Crippen LogP contribution in [0.25, 0.3) is 0 Å². The van der Waals surface area contributed by atoms with Crippen LogP contribution in [0.1, 0.15) is 213 Å². The molecular formula is C57H92O6. The summed E-state index contributed by atoms with van der Waals surface area (Å²) in [5, 5.41) is 0. The van der Waals surface area contributed by atoms with Gasteiger partial charge in [0.15, 0.2) is 6.10 Å². The molecule has 0 aromatic heterocycles. The van der Waals surface area contributed by atoms with Gasteiger partial charge in [0.2, 0.25) is 0 Å². The van der Waals surface area contributed by atoms with Gasteiger partial charge in [0.25, 0.3) is 0 Å². The molecule has 6 heteroatoms. The maximum Gasteiger partial charge on any atom is 0.306 e. The number of rotatable bonds is 44. The molecule has 6 nitrogen and oxygen atoms in total. The molecule has 0 aromatic carbocycles. The fraction of sp³-hybridized carbons (Fsp3) is 0.632. The van der Waals surface area contributed by atoms with Crippen LogP contribution < -0.4 is 0 Å². The molecular weight excluding hydrogens is 781 g/mol. The van der Waals surface area contributed by atoms with E-state index in [0.29, 0.717) is 19.3 Å². The summed E-state index contributed by atoms with van der Waals surface area (Å²) >= 11 is 0. The summed E-state index contributed by atoms with van der Waals surface area (Å²) in [5.74, 6) is -1.06. The third-order valence-corrected chi connectivity index (χ3v) is 10.3. The average molecular weight is 873 g/mol. The molecule has 0 aromatic rings. The highest BCUT2D eigenvalue weighted by Gasteiger charge is 2.19. The smallest absolute Gasteiger partial charge is 0.306 e. The van der Waals surface area contributed by atoms with Crippen LogP contribution in [-0.4, -0.2) is 37.2 Å². The van der Waals surface area contributed by atoms with Gasteiger partial charge in [-0.2, -0.15) is 0 Å². The van der Waals surface area contributed by atoms with Crippen molar-refractivity contribution in [2.45, 2.75) is 219 Å². The van der Waals surface area contributed by atoms with Gasteiger partial charge in [-0.15, -0.1) is 0 Å². The Balaban J connectivity index is 4.57. The van der Waals surface area contributed by atoms with E-state index in [9.17, 15) is 14.4 Å². The molecule has 0 heterocycles. The highest BCUT2D eigenvalue weighted by atomic mass is 16.6. The van der Waals surface area contributed by atoms with E-state index < -0.39 is 12.1 Å². The van der Waals surface area contributed by atoms with Crippen LogP contribution in [0.3, 0.4) is 0 Å². The second-order valence-corrected chi connectivity index (χ2v) is 16.3.